The Morgan fingerprint density at radius 2 is 1.23 bits per heavy atom. The van der Waals surface area contributed by atoms with Gasteiger partial charge in [0.15, 0.2) is 0 Å². The molecule has 2 aliphatic rings. The highest BCUT2D eigenvalue weighted by molar-refractivity contribution is 5.85. The molecule has 172 valence electrons. The maximum atomic E-state index is 6.20. The Kier molecular flexibility index (Phi) is 9.30. The molecule has 2 aliphatic heterocycles. The van der Waals surface area contributed by atoms with E-state index in [2.05, 4.69) is 21.6 Å². The van der Waals surface area contributed by atoms with E-state index in [0.717, 1.165) is 25.8 Å². The van der Waals surface area contributed by atoms with Crippen molar-refractivity contribution in [1.29, 1.82) is 0 Å². The van der Waals surface area contributed by atoms with Crippen molar-refractivity contribution in [3.05, 3.63) is 0 Å². The lowest BCUT2D eigenvalue weighted by Gasteiger charge is -2.37. The molecule has 0 amide bonds. The van der Waals surface area contributed by atoms with Gasteiger partial charge in [0.05, 0.1) is 0 Å². The highest BCUT2D eigenvalue weighted by atomic mass is 35.5. The van der Waals surface area contributed by atoms with Gasteiger partial charge in [-0.15, -0.1) is 12.4 Å². The zero-order chi connectivity index (χ0) is 21.0. The summed E-state index contributed by atoms with van der Waals surface area (Å²) in [6.45, 7) is 5.86. The van der Waals surface area contributed by atoms with Gasteiger partial charge in [-0.2, -0.15) is 15.0 Å². The average molecular weight is 443 g/mol. The molecule has 3 heterocycles. The van der Waals surface area contributed by atoms with Gasteiger partial charge in [0, 0.05) is 63.9 Å². The minimum absolute atomic E-state index is 0. The Balaban J connectivity index is 0.00000320. The van der Waals surface area contributed by atoms with Crippen LogP contribution in [-0.4, -0.2) is 78.9 Å². The SMILES string of the molecule is CCCCCN(C)c1nc(N2C[C@H](N)C[C@H](N)C2)nc(N2C[C@H](N)C[C@H](N)C2)n1.Cl. The monoisotopic (exact) mass is 442 g/mol. The topological polar surface area (TPSA) is 152 Å². The number of halogens is 1. The third-order valence-corrected chi connectivity index (χ3v) is 5.63. The van der Waals surface area contributed by atoms with E-state index >= 15 is 0 Å². The zero-order valence-corrected chi connectivity index (χ0v) is 19.1. The number of nitrogens with two attached hydrogens (primary N) is 4. The molecular formula is C19H39ClN10. The van der Waals surface area contributed by atoms with E-state index in [1.807, 2.05) is 7.05 Å². The number of nitrogens with zero attached hydrogens (tertiary/aromatic N) is 6. The number of rotatable bonds is 7. The molecule has 0 aromatic carbocycles. The van der Waals surface area contributed by atoms with Crippen LogP contribution in [0.4, 0.5) is 17.8 Å². The maximum absolute atomic E-state index is 6.20. The first-order chi connectivity index (χ1) is 13.9. The van der Waals surface area contributed by atoms with Gasteiger partial charge in [-0.25, -0.2) is 0 Å². The van der Waals surface area contributed by atoms with Crippen LogP contribution in [0.15, 0.2) is 0 Å². The van der Waals surface area contributed by atoms with Crippen LogP contribution in [0.3, 0.4) is 0 Å². The van der Waals surface area contributed by atoms with E-state index in [1.165, 1.54) is 12.8 Å². The predicted octanol–water partition coefficient (Wildman–Crippen LogP) is -0.351. The molecule has 3 rings (SSSR count). The van der Waals surface area contributed by atoms with Crippen molar-refractivity contribution in [3.8, 4) is 0 Å². The largest absolute Gasteiger partial charge is 0.344 e. The summed E-state index contributed by atoms with van der Waals surface area (Å²) < 4.78 is 0. The molecule has 1 aromatic heterocycles. The van der Waals surface area contributed by atoms with Gasteiger partial charge < -0.3 is 37.6 Å². The lowest BCUT2D eigenvalue weighted by Crippen LogP contribution is -2.54. The molecule has 0 saturated carbocycles. The minimum atomic E-state index is 0. The van der Waals surface area contributed by atoms with Crippen LogP contribution in [0.25, 0.3) is 0 Å². The first-order valence-electron chi connectivity index (χ1n) is 10.8. The quantitative estimate of drug-likeness (QED) is 0.412. The molecule has 0 aliphatic carbocycles. The summed E-state index contributed by atoms with van der Waals surface area (Å²) in [6, 6.07) is 0.0612. The summed E-state index contributed by atoms with van der Waals surface area (Å²) in [6.07, 6.45) is 5.08. The second-order valence-corrected chi connectivity index (χ2v) is 8.69. The maximum Gasteiger partial charge on any atom is 0.232 e. The average Bonchev–Trinajstić information content (AvgIpc) is 2.66. The fraction of sp³-hybridized carbons (Fsp3) is 0.842. The number of piperidine rings is 2. The second kappa shape index (κ2) is 11.2. The van der Waals surface area contributed by atoms with Crippen molar-refractivity contribution in [2.24, 2.45) is 22.9 Å². The summed E-state index contributed by atoms with van der Waals surface area (Å²) >= 11 is 0. The molecule has 0 spiro atoms. The molecule has 0 radical (unpaired) electrons. The number of aromatic nitrogens is 3. The number of anilines is 3. The Labute approximate surface area is 186 Å². The predicted molar refractivity (Wildman–Crippen MR) is 125 cm³/mol. The van der Waals surface area contributed by atoms with Crippen LogP contribution in [0.1, 0.15) is 39.0 Å². The highest BCUT2D eigenvalue weighted by Crippen LogP contribution is 2.23. The van der Waals surface area contributed by atoms with Crippen LogP contribution in [-0.2, 0) is 0 Å². The molecule has 4 atom stereocenters. The highest BCUT2D eigenvalue weighted by Gasteiger charge is 2.29. The van der Waals surface area contributed by atoms with Crippen molar-refractivity contribution in [2.45, 2.75) is 63.2 Å². The van der Waals surface area contributed by atoms with E-state index in [-0.39, 0.29) is 36.6 Å². The number of unbranched alkanes of at least 4 members (excludes halogenated alkanes) is 2. The van der Waals surface area contributed by atoms with Crippen molar-refractivity contribution in [1.82, 2.24) is 15.0 Å². The molecule has 10 nitrogen and oxygen atoms in total. The van der Waals surface area contributed by atoms with Gasteiger partial charge in [0.25, 0.3) is 0 Å². The molecule has 2 saturated heterocycles. The van der Waals surface area contributed by atoms with Gasteiger partial charge in [-0.05, 0) is 19.3 Å². The van der Waals surface area contributed by atoms with E-state index in [4.69, 9.17) is 37.9 Å². The lowest BCUT2D eigenvalue weighted by molar-refractivity contribution is 0.441. The summed E-state index contributed by atoms with van der Waals surface area (Å²) in [5.41, 5.74) is 24.8. The van der Waals surface area contributed by atoms with Gasteiger partial charge in [-0.1, -0.05) is 19.8 Å². The fourth-order valence-electron chi connectivity index (χ4n) is 4.18. The Bertz CT molecular complexity index is 598. The molecule has 8 N–H and O–H groups in total. The Hall–Kier alpha value is -1.46. The van der Waals surface area contributed by atoms with E-state index in [0.29, 0.717) is 44.0 Å². The molecular weight excluding hydrogens is 404 g/mol. The van der Waals surface area contributed by atoms with E-state index < -0.39 is 0 Å². The van der Waals surface area contributed by atoms with Crippen LogP contribution < -0.4 is 37.6 Å². The first kappa shape index (κ1) is 24.8. The number of hydrogen-bond donors (Lipinski definition) is 4. The van der Waals surface area contributed by atoms with Crippen LogP contribution in [0.5, 0.6) is 0 Å². The smallest absolute Gasteiger partial charge is 0.232 e. The van der Waals surface area contributed by atoms with Crippen molar-refractivity contribution in [2.75, 3.05) is 54.5 Å². The van der Waals surface area contributed by atoms with Crippen molar-refractivity contribution < 1.29 is 0 Å². The van der Waals surface area contributed by atoms with Gasteiger partial charge in [-0.3, -0.25) is 0 Å². The molecule has 2 fully saturated rings. The van der Waals surface area contributed by atoms with Gasteiger partial charge >= 0.3 is 0 Å². The summed E-state index contributed by atoms with van der Waals surface area (Å²) in [4.78, 5) is 20.6. The summed E-state index contributed by atoms with van der Waals surface area (Å²) in [7, 11) is 2.03. The Morgan fingerprint density at radius 3 is 1.63 bits per heavy atom. The molecule has 0 unspecified atom stereocenters. The summed E-state index contributed by atoms with van der Waals surface area (Å²) in [5, 5.41) is 0. The Morgan fingerprint density at radius 1 is 0.800 bits per heavy atom. The minimum Gasteiger partial charge on any atom is -0.344 e. The fourth-order valence-corrected chi connectivity index (χ4v) is 4.18. The third-order valence-electron chi connectivity index (χ3n) is 5.63. The molecule has 0 bridgehead atoms. The zero-order valence-electron chi connectivity index (χ0n) is 18.3. The van der Waals surface area contributed by atoms with Gasteiger partial charge in [0.1, 0.15) is 0 Å². The first-order valence-corrected chi connectivity index (χ1v) is 10.8. The normalized spacial score (nSPS) is 27.0. The van der Waals surface area contributed by atoms with Crippen molar-refractivity contribution in [3.63, 3.8) is 0 Å². The van der Waals surface area contributed by atoms with Crippen LogP contribution in [0, 0.1) is 0 Å². The molecule has 11 heteroatoms. The van der Waals surface area contributed by atoms with Crippen LogP contribution in [0.2, 0.25) is 0 Å². The summed E-state index contributed by atoms with van der Waals surface area (Å²) in [5.74, 6) is 1.93. The standard InChI is InChI=1S/C19H38N10.ClH/c1-3-4-5-6-27(2)17-24-18(28-9-13(20)7-14(21)10-28)26-19(25-17)29-11-15(22)8-16(23)12-29;/h13-16H,3-12,20-23H2,1-2H3;1H/t13-,14+,15-,16+;. The van der Waals surface area contributed by atoms with Crippen LogP contribution >= 0.6 is 12.4 Å². The molecule has 1 aromatic rings. The molecule has 30 heavy (non-hydrogen) atoms. The van der Waals surface area contributed by atoms with E-state index in [1.54, 1.807) is 0 Å². The van der Waals surface area contributed by atoms with E-state index in [9.17, 15) is 0 Å². The van der Waals surface area contributed by atoms with Crippen molar-refractivity contribution >= 4 is 30.3 Å². The van der Waals surface area contributed by atoms with Gasteiger partial charge in [0.2, 0.25) is 17.8 Å². The lowest BCUT2D eigenvalue weighted by atomic mass is 10.0. The number of hydrogen-bond acceptors (Lipinski definition) is 10. The second-order valence-electron chi connectivity index (χ2n) is 8.69. The third kappa shape index (κ3) is 6.52.